The van der Waals surface area contributed by atoms with Gasteiger partial charge < -0.3 is 5.32 Å². The van der Waals surface area contributed by atoms with Gasteiger partial charge in [-0.2, -0.15) is 0 Å². The predicted molar refractivity (Wildman–Crippen MR) is 76.7 cm³/mol. The maximum atomic E-state index is 3.51. The first-order valence-electron chi connectivity index (χ1n) is 6.70. The lowest BCUT2D eigenvalue weighted by Gasteiger charge is -2.17. The van der Waals surface area contributed by atoms with Crippen molar-refractivity contribution in [2.24, 2.45) is 5.92 Å². The molecule has 96 valence electrons. The van der Waals surface area contributed by atoms with Crippen LogP contribution in [0, 0.1) is 26.7 Å². The third kappa shape index (κ3) is 4.51. The Morgan fingerprint density at radius 2 is 1.53 bits per heavy atom. The van der Waals surface area contributed by atoms with Crippen LogP contribution in [0.2, 0.25) is 0 Å². The molecule has 1 heteroatoms. The zero-order valence-corrected chi connectivity index (χ0v) is 12.2. The third-order valence-corrected chi connectivity index (χ3v) is 3.40. The van der Waals surface area contributed by atoms with Crippen molar-refractivity contribution in [1.82, 2.24) is 5.32 Å². The Morgan fingerprint density at radius 3 is 2.12 bits per heavy atom. The van der Waals surface area contributed by atoms with E-state index < -0.39 is 0 Å². The molecule has 1 aromatic carbocycles. The first-order chi connectivity index (χ1) is 7.90. The summed E-state index contributed by atoms with van der Waals surface area (Å²) in [6.07, 6.45) is 1.17. The number of benzene rings is 1. The Labute approximate surface area is 107 Å². The quantitative estimate of drug-likeness (QED) is 0.816. The van der Waals surface area contributed by atoms with Crippen LogP contribution in [-0.4, -0.2) is 12.6 Å². The normalized spacial score (nSPS) is 13.1. The fraction of sp³-hybridized carbons (Fsp3) is 0.625. The van der Waals surface area contributed by atoms with Crippen LogP contribution >= 0.6 is 0 Å². The van der Waals surface area contributed by atoms with Crippen molar-refractivity contribution in [3.8, 4) is 0 Å². The van der Waals surface area contributed by atoms with Crippen LogP contribution in [0.1, 0.15) is 43.0 Å². The molecule has 0 spiro atoms. The van der Waals surface area contributed by atoms with Crippen LogP contribution < -0.4 is 5.32 Å². The van der Waals surface area contributed by atoms with E-state index >= 15 is 0 Å². The van der Waals surface area contributed by atoms with Gasteiger partial charge in [0.2, 0.25) is 0 Å². The third-order valence-electron chi connectivity index (χ3n) is 3.40. The summed E-state index contributed by atoms with van der Waals surface area (Å²) < 4.78 is 0. The Kier molecular flexibility index (Phi) is 5.20. The molecule has 1 N–H and O–H groups in total. The van der Waals surface area contributed by atoms with Crippen molar-refractivity contribution in [3.63, 3.8) is 0 Å². The van der Waals surface area contributed by atoms with E-state index in [2.05, 4.69) is 59.0 Å². The number of hydrogen-bond acceptors (Lipinski definition) is 1. The van der Waals surface area contributed by atoms with Gasteiger partial charge in [0, 0.05) is 6.04 Å². The minimum absolute atomic E-state index is 0.582. The van der Waals surface area contributed by atoms with E-state index in [0.29, 0.717) is 12.0 Å². The van der Waals surface area contributed by atoms with Gasteiger partial charge in [0.25, 0.3) is 0 Å². The molecule has 0 fully saturated rings. The zero-order valence-electron chi connectivity index (χ0n) is 12.2. The van der Waals surface area contributed by atoms with Gasteiger partial charge in [-0.05, 0) is 61.9 Å². The van der Waals surface area contributed by atoms with Gasteiger partial charge in [-0.1, -0.05) is 32.9 Å². The van der Waals surface area contributed by atoms with Crippen molar-refractivity contribution >= 4 is 0 Å². The summed E-state index contributed by atoms with van der Waals surface area (Å²) in [5.74, 6) is 0.693. The van der Waals surface area contributed by atoms with Gasteiger partial charge in [0.1, 0.15) is 0 Å². The van der Waals surface area contributed by atoms with Crippen molar-refractivity contribution < 1.29 is 0 Å². The first-order valence-corrected chi connectivity index (χ1v) is 6.70. The van der Waals surface area contributed by atoms with Gasteiger partial charge in [0.15, 0.2) is 0 Å². The highest BCUT2D eigenvalue weighted by Gasteiger charge is 2.08. The molecule has 0 amide bonds. The molecule has 0 aliphatic carbocycles. The van der Waals surface area contributed by atoms with Gasteiger partial charge in [-0.3, -0.25) is 0 Å². The molecule has 17 heavy (non-hydrogen) atoms. The van der Waals surface area contributed by atoms with Crippen LogP contribution in [0.5, 0.6) is 0 Å². The summed E-state index contributed by atoms with van der Waals surface area (Å²) in [6.45, 7) is 14.4. The maximum Gasteiger partial charge on any atom is 0.00104 e. The van der Waals surface area contributed by atoms with Gasteiger partial charge in [-0.25, -0.2) is 0 Å². The molecular formula is C16H27N. The summed E-state index contributed by atoms with van der Waals surface area (Å²) >= 11 is 0. The Bertz CT molecular complexity index is 366. The largest absolute Gasteiger partial charge is 0.314 e. The Hall–Kier alpha value is -0.820. The standard InChI is InChI=1S/C16H27N/c1-11(2)17-10-12(3)7-16-9-14(5)13(4)8-15(16)6/h8-9,11-12,17H,7,10H2,1-6H3. The molecule has 0 bridgehead atoms. The average Bonchev–Trinajstić information content (AvgIpc) is 2.23. The Balaban J connectivity index is 2.65. The fourth-order valence-corrected chi connectivity index (χ4v) is 2.12. The molecule has 0 aliphatic rings. The summed E-state index contributed by atoms with van der Waals surface area (Å²) in [6, 6.07) is 5.25. The van der Waals surface area contributed by atoms with Crippen LogP contribution in [0.25, 0.3) is 0 Å². The van der Waals surface area contributed by atoms with Crippen molar-refractivity contribution in [2.75, 3.05) is 6.54 Å². The topological polar surface area (TPSA) is 12.0 Å². The minimum atomic E-state index is 0.582. The molecule has 0 aromatic heterocycles. The highest BCUT2D eigenvalue weighted by Crippen LogP contribution is 2.18. The SMILES string of the molecule is Cc1cc(C)c(CC(C)CNC(C)C)cc1C. The smallest absolute Gasteiger partial charge is 0.00104 e. The lowest BCUT2D eigenvalue weighted by atomic mass is 9.93. The summed E-state index contributed by atoms with van der Waals surface area (Å²) in [5, 5.41) is 3.51. The van der Waals surface area contributed by atoms with Crippen molar-refractivity contribution in [2.45, 2.75) is 54.0 Å². The highest BCUT2D eigenvalue weighted by atomic mass is 14.9. The van der Waals surface area contributed by atoms with Crippen molar-refractivity contribution in [3.05, 3.63) is 34.4 Å². The minimum Gasteiger partial charge on any atom is -0.314 e. The fourth-order valence-electron chi connectivity index (χ4n) is 2.12. The molecule has 0 aliphatic heterocycles. The summed E-state index contributed by atoms with van der Waals surface area (Å²) in [5.41, 5.74) is 5.75. The molecule has 0 saturated heterocycles. The van der Waals surface area contributed by atoms with E-state index in [1.54, 1.807) is 0 Å². The molecule has 0 heterocycles. The molecule has 0 saturated carbocycles. The van der Waals surface area contributed by atoms with Crippen molar-refractivity contribution in [1.29, 1.82) is 0 Å². The first kappa shape index (κ1) is 14.2. The van der Waals surface area contributed by atoms with Crippen LogP contribution in [0.15, 0.2) is 12.1 Å². The molecule has 1 atom stereocenters. The van der Waals surface area contributed by atoms with E-state index in [9.17, 15) is 0 Å². The van der Waals surface area contributed by atoms with E-state index in [1.807, 2.05) is 0 Å². The van der Waals surface area contributed by atoms with E-state index in [1.165, 1.54) is 28.7 Å². The van der Waals surface area contributed by atoms with Gasteiger partial charge in [-0.15, -0.1) is 0 Å². The number of hydrogen-bond donors (Lipinski definition) is 1. The summed E-state index contributed by atoms with van der Waals surface area (Å²) in [7, 11) is 0. The van der Waals surface area contributed by atoms with Gasteiger partial charge >= 0.3 is 0 Å². The second-order valence-corrected chi connectivity index (χ2v) is 5.74. The predicted octanol–water partition coefficient (Wildman–Crippen LogP) is 3.79. The molecule has 0 radical (unpaired) electrons. The highest BCUT2D eigenvalue weighted by molar-refractivity contribution is 5.36. The monoisotopic (exact) mass is 233 g/mol. The number of rotatable bonds is 5. The molecule has 1 rings (SSSR count). The lowest BCUT2D eigenvalue weighted by molar-refractivity contribution is 0.475. The average molecular weight is 233 g/mol. The van der Waals surface area contributed by atoms with E-state index in [0.717, 1.165) is 6.54 Å². The second kappa shape index (κ2) is 6.20. The second-order valence-electron chi connectivity index (χ2n) is 5.74. The van der Waals surface area contributed by atoms with Crippen LogP contribution in [0.4, 0.5) is 0 Å². The van der Waals surface area contributed by atoms with Crippen LogP contribution in [0.3, 0.4) is 0 Å². The lowest BCUT2D eigenvalue weighted by Crippen LogP contribution is -2.28. The molecule has 1 nitrogen and oxygen atoms in total. The summed E-state index contributed by atoms with van der Waals surface area (Å²) in [4.78, 5) is 0. The zero-order chi connectivity index (χ0) is 13.0. The maximum absolute atomic E-state index is 3.51. The van der Waals surface area contributed by atoms with E-state index in [4.69, 9.17) is 0 Å². The molecule has 1 aromatic rings. The molecular weight excluding hydrogens is 206 g/mol. The van der Waals surface area contributed by atoms with Gasteiger partial charge in [0.05, 0.1) is 0 Å². The molecule has 1 unspecified atom stereocenters. The van der Waals surface area contributed by atoms with Crippen LogP contribution in [-0.2, 0) is 6.42 Å². The number of nitrogens with one attached hydrogen (secondary N) is 1. The number of aryl methyl sites for hydroxylation is 3. The van der Waals surface area contributed by atoms with E-state index in [-0.39, 0.29) is 0 Å². The Morgan fingerprint density at radius 1 is 0.941 bits per heavy atom.